The number of aromatic nitrogens is 2. The monoisotopic (exact) mass is 272 g/mol. The van der Waals surface area contributed by atoms with E-state index in [2.05, 4.69) is 10.4 Å². The summed E-state index contributed by atoms with van der Waals surface area (Å²) in [5.41, 5.74) is 0.243. The van der Waals surface area contributed by atoms with Crippen molar-refractivity contribution >= 4 is 17.5 Å². The third-order valence-electron chi connectivity index (χ3n) is 2.66. The Morgan fingerprint density at radius 1 is 1.61 bits per heavy atom. The summed E-state index contributed by atoms with van der Waals surface area (Å²) in [6, 6.07) is 0. The number of hydrogen-bond acceptors (Lipinski definition) is 4. The molecule has 1 N–H and O–H groups in total. The first-order chi connectivity index (χ1) is 8.59. The van der Waals surface area contributed by atoms with Gasteiger partial charge in [-0.3, -0.25) is 4.79 Å². The Morgan fingerprint density at radius 2 is 2.39 bits per heavy atom. The van der Waals surface area contributed by atoms with E-state index < -0.39 is 0 Å². The molecule has 1 aromatic heterocycles. The topological polar surface area (TPSA) is 59.4 Å². The van der Waals surface area contributed by atoms with E-state index in [9.17, 15) is 4.79 Å². The van der Waals surface area contributed by atoms with Crippen LogP contribution in [0, 0.1) is 0 Å². The molecule has 7 heteroatoms. The van der Waals surface area contributed by atoms with Gasteiger partial charge >= 0.3 is 0 Å². The Morgan fingerprint density at radius 3 is 3.06 bits per heavy atom. The Bertz CT molecular complexity index is 444. The first-order valence-corrected chi connectivity index (χ1v) is 6.29. The second kappa shape index (κ2) is 5.58. The zero-order chi connectivity index (χ0) is 13.1. The number of fused-ring (bicyclic) bond motifs is 1. The summed E-state index contributed by atoms with van der Waals surface area (Å²) in [4.78, 5) is 13.9. The number of likely N-dealkylation sites (N-methyl/N-ethyl adjacent to an activating group) is 1. The van der Waals surface area contributed by atoms with Crippen molar-refractivity contribution in [2.45, 2.75) is 13.0 Å². The maximum atomic E-state index is 11.9. The largest absolute Gasteiger partial charge is 0.477 e. The van der Waals surface area contributed by atoms with Crippen LogP contribution in [0.2, 0.25) is 5.02 Å². The van der Waals surface area contributed by atoms with Gasteiger partial charge in [-0.25, -0.2) is 4.68 Å². The van der Waals surface area contributed by atoms with Gasteiger partial charge in [-0.05, 0) is 14.1 Å². The number of halogens is 1. The molecule has 6 nitrogen and oxygen atoms in total. The van der Waals surface area contributed by atoms with E-state index in [-0.39, 0.29) is 11.6 Å². The lowest BCUT2D eigenvalue weighted by atomic mass is 10.3. The maximum absolute atomic E-state index is 11.9. The van der Waals surface area contributed by atoms with Crippen LogP contribution in [0.1, 0.15) is 16.9 Å². The van der Waals surface area contributed by atoms with Gasteiger partial charge in [0.25, 0.3) is 5.91 Å². The van der Waals surface area contributed by atoms with Crippen LogP contribution in [0.3, 0.4) is 0 Å². The molecule has 100 valence electrons. The fourth-order valence-corrected chi connectivity index (χ4v) is 1.99. The van der Waals surface area contributed by atoms with Crippen molar-refractivity contribution in [3.63, 3.8) is 0 Å². The van der Waals surface area contributed by atoms with Crippen LogP contribution in [0.15, 0.2) is 0 Å². The Balaban J connectivity index is 2.04. The van der Waals surface area contributed by atoms with Gasteiger partial charge in [0.05, 0.1) is 6.61 Å². The van der Waals surface area contributed by atoms with Crippen molar-refractivity contribution < 1.29 is 9.53 Å². The number of ether oxygens (including phenoxy) is 1. The number of nitrogens with one attached hydrogen (secondary N) is 1. The molecule has 1 amide bonds. The van der Waals surface area contributed by atoms with Gasteiger partial charge in [-0.1, -0.05) is 11.6 Å². The molecule has 0 saturated carbocycles. The average molecular weight is 273 g/mol. The highest BCUT2D eigenvalue weighted by molar-refractivity contribution is 6.34. The summed E-state index contributed by atoms with van der Waals surface area (Å²) in [5, 5.41) is 7.27. The Kier molecular flexibility index (Phi) is 4.08. The second-order valence-corrected chi connectivity index (χ2v) is 4.83. The smallest absolute Gasteiger partial charge is 0.273 e. The van der Waals surface area contributed by atoms with E-state index in [1.165, 1.54) is 0 Å². The molecule has 1 aliphatic heterocycles. The molecular weight excluding hydrogens is 256 g/mol. The van der Waals surface area contributed by atoms with Crippen molar-refractivity contribution in [2.24, 2.45) is 0 Å². The molecule has 0 spiro atoms. The molecule has 0 aliphatic carbocycles. The number of aryl methyl sites for hydroxylation is 1. The quantitative estimate of drug-likeness (QED) is 0.873. The zero-order valence-electron chi connectivity index (χ0n) is 10.6. The van der Waals surface area contributed by atoms with E-state index in [4.69, 9.17) is 16.3 Å². The third-order valence-corrected chi connectivity index (χ3v) is 3.00. The van der Waals surface area contributed by atoms with Gasteiger partial charge in [0.1, 0.15) is 5.02 Å². The minimum absolute atomic E-state index is 0.243. The van der Waals surface area contributed by atoms with Gasteiger partial charge < -0.3 is 15.0 Å². The summed E-state index contributed by atoms with van der Waals surface area (Å²) >= 11 is 6.10. The van der Waals surface area contributed by atoms with E-state index in [0.717, 1.165) is 19.5 Å². The van der Waals surface area contributed by atoms with E-state index in [1.807, 2.05) is 19.0 Å². The SMILES string of the molecule is CN(C)CCNC(=O)c1nn2c(c1Cl)OCCC2. The molecule has 2 rings (SSSR count). The predicted molar refractivity (Wildman–Crippen MR) is 68.2 cm³/mol. The second-order valence-electron chi connectivity index (χ2n) is 4.45. The fraction of sp³-hybridized carbons (Fsp3) is 0.636. The Hall–Kier alpha value is -1.27. The van der Waals surface area contributed by atoms with Gasteiger partial charge in [0.15, 0.2) is 5.69 Å². The van der Waals surface area contributed by atoms with Crippen LogP contribution in [0.4, 0.5) is 0 Å². The van der Waals surface area contributed by atoms with Gasteiger partial charge in [0, 0.05) is 26.1 Å². The molecule has 0 radical (unpaired) electrons. The molecular formula is C11H17ClN4O2. The lowest BCUT2D eigenvalue weighted by Crippen LogP contribution is -2.31. The van der Waals surface area contributed by atoms with Crippen LogP contribution in [0.5, 0.6) is 5.88 Å². The predicted octanol–water partition coefficient (Wildman–Crippen LogP) is 0.610. The first-order valence-electron chi connectivity index (χ1n) is 5.91. The number of carbonyl (C=O) groups is 1. The van der Waals surface area contributed by atoms with Crippen LogP contribution in [-0.4, -0.2) is 54.4 Å². The number of rotatable bonds is 4. The summed E-state index contributed by atoms with van der Waals surface area (Å²) < 4.78 is 7.05. The third kappa shape index (κ3) is 2.76. The maximum Gasteiger partial charge on any atom is 0.273 e. The highest BCUT2D eigenvalue weighted by Gasteiger charge is 2.24. The van der Waals surface area contributed by atoms with Crippen LogP contribution < -0.4 is 10.1 Å². The minimum Gasteiger partial charge on any atom is -0.477 e. The lowest BCUT2D eigenvalue weighted by Gasteiger charge is -2.14. The van der Waals surface area contributed by atoms with Crippen molar-refractivity contribution in [3.8, 4) is 5.88 Å². The summed E-state index contributed by atoms with van der Waals surface area (Å²) in [5.74, 6) is 0.244. The normalized spacial score (nSPS) is 14.2. The molecule has 0 bridgehead atoms. The summed E-state index contributed by atoms with van der Waals surface area (Å²) in [7, 11) is 3.89. The van der Waals surface area contributed by atoms with Gasteiger partial charge in [0.2, 0.25) is 5.88 Å². The molecule has 2 heterocycles. The van der Waals surface area contributed by atoms with E-state index in [0.29, 0.717) is 24.1 Å². The molecule has 0 atom stereocenters. The van der Waals surface area contributed by atoms with E-state index >= 15 is 0 Å². The molecule has 0 fully saturated rings. The standard InChI is InChI=1S/C11H17ClN4O2/c1-15(2)6-4-13-10(17)9-8(12)11-16(14-9)5-3-7-18-11/h3-7H2,1-2H3,(H,13,17). The van der Waals surface area contributed by atoms with Crippen LogP contribution in [-0.2, 0) is 6.54 Å². The van der Waals surface area contributed by atoms with Crippen LogP contribution in [0.25, 0.3) is 0 Å². The lowest BCUT2D eigenvalue weighted by molar-refractivity contribution is 0.0945. The van der Waals surface area contributed by atoms with Crippen LogP contribution >= 0.6 is 11.6 Å². The van der Waals surface area contributed by atoms with Crippen molar-refractivity contribution in [1.82, 2.24) is 20.0 Å². The summed E-state index contributed by atoms with van der Waals surface area (Å²) in [6.45, 7) is 2.69. The molecule has 1 aliphatic rings. The average Bonchev–Trinajstić information content (AvgIpc) is 2.67. The molecule has 0 unspecified atom stereocenters. The number of carbonyl (C=O) groups excluding carboxylic acids is 1. The van der Waals surface area contributed by atoms with Gasteiger partial charge in [-0.15, -0.1) is 0 Å². The van der Waals surface area contributed by atoms with Gasteiger partial charge in [-0.2, -0.15) is 5.10 Å². The minimum atomic E-state index is -0.257. The Labute approximate surface area is 111 Å². The zero-order valence-corrected chi connectivity index (χ0v) is 11.3. The molecule has 0 aromatic carbocycles. The fourth-order valence-electron chi connectivity index (χ4n) is 1.72. The highest BCUT2D eigenvalue weighted by atomic mass is 35.5. The number of hydrogen-bond donors (Lipinski definition) is 1. The molecule has 18 heavy (non-hydrogen) atoms. The molecule has 1 aromatic rings. The summed E-state index contributed by atoms with van der Waals surface area (Å²) in [6.07, 6.45) is 0.882. The van der Waals surface area contributed by atoms with Crippen molar-refractivity contribution in [1.29, 1.82) is 0 Å². The first kappa shape index (κ1) is 13.2. The van der Waals surface area contributed by atoms with Crippen molar-refractivity contribution in [3.05, 3.63) is 10.7 Å². The highest BCUT2D eigenvalue weighted by Crippen LogP contribution is 2.30. The van der Waals surface area contributed by atoms with E-state index in [1.54, 1.807) is 4.68 Å². The number of nitrogens with zero attached hydrogens (tertiary/aromatic N) is 3. The number of amides is 1. The van der Waals surface area contributed by atoms with Crippen molar-refractivity contribution in [2.75, 3.05) is 33.8 Å². The molecule has 0 saturated heterocycles.